The Hall–Kier alpha value is -2.97. The molecule has 1 aromatic carbocycles. The number of halogens is 2. The lowest BCUT2D eigenvalue weighted by atomic mass is 10.0. The van der Waals surface area contributed by atoms with Crippen molar-refractivity contribution < 1.29 is 9.13 Å². The standard InChI is InChI=1S/C25H23ClFN3O3S/c1-14-10-15(26)11-18(23(14)33-21-5-3-4-19(21)27)17-6-8-28-20-12-16(34-24(17)20)13-30-22(31)7-9-29(2)25(30)32/h6-12,19,21H,3-5,13H2,1-2H3/t19-,21+/m0/s1. The Morgan fingerprint density at radius 1 is 1.21 bits per heavy atom. The molecule has 3 heterocycles. The van der Waals surface area contributed by atoms with Crippen molar-refractivity contribution in [3.63, 3.8) is 0 Å². The van der Waals surface area contributed by atoms with Gasteiger partial charge in [-0.15, -0.1) is 11.3 Å². The predicted molar refractivity (Wildman–Crippen MR) is 133 cm³/mol. The molecule has 0 saturated heterocycles. The van der Waals surface area contributed by atoms with Crippen molar-refractivity contribution in [1.82, 2.24) is 14.1 Å². The number of aryl methyl sites for hydroxylation is 2. The molecular weight excluding hydrogens is 477 g/mol. The molecule has 3 aromatic heterocycles. The van der Waals surface area contributed by atoms with Gasteiger partial charge in [0, 0.05) is 46.5 Å². The van der Waals surface area contributed by atoms with E-state index in [0.717, 1.165) is 38.2 Å². The molecule has 5 rings (SSSR count). The lowest BCUT2D eigenvalue weighted by Gasteiger charge is -2.21. The molecule has 1 aliphatic carbocycles. The summed E-state index contributed by atoms with van der Waals surface area (Å²) < 4.78 is 24.0. The molecule has 9 heteroatoms. The minimum absolute atomic E-state index is 0.149. The maximum absolute atomic E-state index is 14.4. The number of benzene rings is 1. The first-order chi connectivity index (χ1) is 16.3. The largest absolute Gasteiger partial charge is 0.486 e. The number of rotatable bonds is 5. The van der Waals surface area contributed by atoms with Crippen molar-refractivity contribution >= 4 is 33.2 Å². The fourth-order valence-corrected chi connectivity index (χ4v) is 5.85. The molecule has 0 amide bonds. The second-order valence-electron chi connectivity index (χ2n) is 8.62. The second kappa shape index (κ2) is 9.00. The van der Waals surface area contributed by atoms with E-state index in [1.807, 2.05) is 31.2 Å². The molecule has 0 bridgehead atoms. The molecule has 176 valence electrons. The third-order valence-corrected chi connectivity index (χ3v) is 7.55. The fourth-order valence-electron chi connectivity index (χ4n) is 4.44. The summed E-state index contributed by atoms with van der Waals surface area (Å²) in [4.78, 5) is 30.1. The Morgan fingerprint density at radius 2 is 2.03 bits per heavy atom. The molecule has 34 heavy (non-hydrogen) atoms. The highest BCUT2D eigenvalue weighted by atomic mass is 35.5. The van der Waals surface area contributed by atoms with Crippen LogP contribution in [0.2, 0.25) is 5.02 Å². The van der Waals surface area contributed by atoms with Gasteiger partial charge in [-0.2, -0.15) is 0 Å². The first kappa shape index (κ1) is 22.8. The zero-order valence-corrected chi connectivity index (χ0v) is 20.3. The minimum atomic E-state index is -0.986. The maximum Gasteiger partial charge on any atom is 0.331 e. The van der Waals surface area contributed by atoms with Crippen LogP contribution in [-0.4, -0.2) is 26.4 Å². The van der Waals surface area contributed by atoms with Gasteiger partial charge in [-0.1, -0.05) is 11.6 Å². The number of pyridine rings is 1. The van der Waals surface area contributed by atoms with Gasteiger partial charge in [0.25, 0.3) is 5.56 Å². The SMILES string of the molecule is Cc1cc(Cl)cc(-c2ccnc3cc(Cn4c(=O)ccn(C)c4=O)sc23)c1O[C@@H]1CCC[C@@H]1F. The van der Waals surface area contributed by atoms with E-state index in [1.54, 1.807) is 13.2 Å². The number of fused-ring (bicyclic) bond motifs is 1. The Kier molecular flexibility index (Phi) is 6.04. The monoisotopic (exact) mass is 499 g/mol. The van der Waals surface area contributed by atoms with Gasteiger partial charge in [-0.05, 0) is 56.0 Å². The zero-order chi connectivity index (χ0) is 24.0. The Balaban J connectivity index is 1.61. The van der Waals surface area contributed by atoms with Gasteiger partial charge in [0.15, 0.2) is 0 Å². The van der Waals surface area contributed by atoms with Crippen LogP contribution in [0, 0.1) is 6.92 Å². The van der Waals surface area contributed by atoms with Crippen LogP contribution in [-0.2, 0) is 13.6 Å². The summed E-state index contributed by atoms with van der Waals surface area (Å²) in [5, 5.41) is 0.559. The summed E-state index contributed by atoms with van der Waals surface area (Å²) in [7, 11) is 1.61. The van der Waals surface area contributed by atoms with E-state index in [2.05, 4.69) is 4.98 Å². The molecule has 4 aromatic rings. The van der Waals surface area contributed by atoms with Crippen LogP contribution in [0.25, 0.3) is 21.3 Å². The quantitative estimate of drug-likeness (QED) is 0.383. The van der Waals surface area contributed by atoms with Crippen LogP contribution in [0.4, 0.5) is 4.39 Å². The molecule has 1 aliphatic rings. The first-order valence-electron chi connectivity index (χ1n) is 11.1. The van der Waals surface area contributed by atoms with Crippen molar-refractivity contribution in [2.75, 3.05) is 0 Å². The van der Waals surface area contributed by atoms with Gasteiger partial charge in [0.1, 0.15) is 18.0 Å². The normalized spacial score (nSPS) is 18.0. The van der Waals surface area contributed by atoms with E-state index < -0.39 is 12.3 Å². The average Bonchev–Trinajstić information content (AvgIpc) is 3.40. The van der Waals surface area contributed by atoms with E-state index in [4.69, 9.17) is 16.3 Å². The molecule has 1 fully saturated rings. The zero-order valence-electron chi connectivity index (χ0n) is 18.8. The number of hydrogen-bond donors (Lipinski definition) is 0. The molecule has 1 saturated carbocycles. The second-order valence-corrected chi connectivity index (χ2v) is 10.2. The highest BCUT2D eigenvalue weighted by Crippen LogP contribution is 2.42. The molecular formula is C25H23ClFN3O3S. The number of hydrogen-bond acceptors (Lipinski definition) is 5. The Bertz CT molecular complexity index is 1510. The summed E-state index contributed by atoms with van der Waals surface area (Å²) >= 11 is 7.87. The first-order valence-corrected chi connectivity index (χ1v) is 12.3. The Morgan fingerprint density at radius 3 is 2.79 bits per heavy atom. The van der Waals surface area contributed by atoms with Crippen molar-refractivity contribution in [3.05, 3.63) is 79.0 Å². The maximum atomic E-state index is 14.4. The molecule has 0 spiro atoms. The Labute approximate surface area is 204 Å². The average molecular weight is 500 g/mol. The number of aromatic nitrogens is 3. The lowest BCUT2D eigenvalue weighted by molar-refractivity contribution is 0.125. The number of thiophene rings is 1. The molecule has 6 nitrogen and oxygen atoms in total. The number of nitrogens with zero attached hydrogens (tertiary/aromatic N) is 3. The van der Waals surface area contributed by atoms with Gasteiger partial charge >= 0.3 is 5.69 Å². The van der Waals surface area contributed by atoms with Crippen LogP contribution < -0.4 is 16.0 Å². The molecule has 0 N–H and O–H groups in total. The van der Waals surface area contributed by atoms with Crippen LogP contribution in [0.3, 0.4) is 0 Å². The van der Waals surface area contributed by atoms with E-state index in [0.29, 0.717) is 23.6 Å². The molecule has 0 aliphatic heterocycles. The van der Waals surface area contributed by atoms with Gasteiger partial charge < -0.3 is 9.30 Å². The van der Waals surface area contributed by atoms with E-state index in [9.17, 15) is 14.0 Å². The van der Waals surface area contributed by atoms with Crippen molar-refractivity contribution in [3.8, 4) is 16.9 Å². The van der Waals surface area contributed by atoms with Gasteiger partial charge in [-0.25, -0.2) is 9.18 Å². The van der Waals surface area contributed by atoms with Crippen molar-refractivity contribution in [1.29, 1.82) is 0 Å². The minimum Gasteiger partial charge on any atom is -0.486 e. The van der Waals surface area contributed by atoms with Crippen molar-refractivity contribution in [2.24, 2.45) is 7.05 Å². The predicted octanol–water partition coefficient (Wildman–Crippen LogP) is 5.10. The third-order valence-electron chi connectivity index (χ3n) is 6.19. The highest BCUT2D eigenvalue weighted by molar-refractivity contribution is 7.19. The highest BCUT2D eigenvalue weighted by Gasteiger charge is 2.30. The number of alkyl halides is 1. The topological polar surface area (TPSA) is 66.1 Å². The smallest absolute Gasteiger partial charge is 0.331 e. The van der Waals surface area contributed by atoms with E-state index >= 15 is 0 Å². The molecule has 2 atom stereocenters. The third kappa shape index (κ3) is 4.16. The van der Waals surface area contributed by atoms with E-state index in [1.165, 1.54) is 32.7 Å². The van der Waals surface area contributed by atoms with E-state index in [-0.39, 0.29) is 17.8 Å². The summed E-state index contributed by atoms with van der Waals surface area (Å²) in [6, 6.07) is 8.79. The fraction of sp³-hybridized carbons (Fsp3) is 0.320. The van der Waals surface area contributed by atoms with Gasteiger partial charge in [0.05, 0.1) is 16.8 Å². The summed E-state index contributed by atoms with van der Waals surface area (Å²) in [5.41, 5.74) is 2.49. The van der Waals surface area contributed by atoms with Crippen LogP contribution in [0.15, 0.2) is 52.3 Å². The van der Waals surface area contributed by atoms with Crippen LogP contribution in [0.1, 0.15) is 29.7 Å². The van der Waals surface area contributed by atoms with Crippen molar-refractivity contribution in [2.45, 2.75) is 45.0 Å². The summed E-state index contributed by atoms with van der Waals surface area (Å²) in [6.45, 7) is 2.05. The molecule has 0 unspecified atom stereocenters. The summed E-state index contributed by atoms with van der Waals surface area (Å²) in [5.74, 6) is 0.620. The lowest BCUT2D eigenvalue weighted by Crippen LogP contribution is -2.37. The van der Waals surface area contributed by atoms with Crippen LogP contribution in [0.5, 0.6) is 5.75 Å². The summed E-state index contributed by atoms with van der Waals surface area (Å²) in [6.07, 6.45) is 3.70. The van der Waals surface area contributed by atoms with Gasteiger partial charge in [-0.3, -0.25) is 14.3 Å². The number of ether oxygens (including phenoxy) is 1. The van der Waals surface area contributed by atoms with Crippen LogP contribution >= 0.6 is 22.9 Å². The van der Waals surface area contributed by atoms with Gasteiger partial charge in [0.2, 0.25) is 0 Å². The molecule has 0 radical (unpaired) electrons.